The molecule has 0 bridgehead atoms. The lowest BCUT2D eigenvalue weighted by Crippen LogP contribution is -2.53. The van der Waals surface area contributed by atoms with Crippen LogP contribution in [-0.4, -0.2) is 74.8 Å². The van der Waals surface area contributed by atoms with Crippen molar-refractivity contribution in [3.05, 3.63) is 54.1 Å². The molecule has 2 aromatic rings. The number of rotatable bonds is 13. The molecule has 202 valence electrons. The van der Waals surface area contributed by atoms with E-state index < -0.39 is 34.0 Å². The predicted octanol–water partition coefficient (Wildman–Crippen LogP) is 0.225. The SMILES string of the molecule is CC(C)CN(C[C@@H](O)[C@H](Cc1ccccc1)NC(=O)CNC(=O)CN)S(=O)(=O)c1ccc2c(c1)OCO2. The molecule has 1 heterocycles. The molecule has 11 nitrogen and oxygen atoms in total. The number of ether oxygens (including phenoxy) is 2. The van der Waals surface area contributed by atoms with Gasteiger partial charge in [-0.1, -0.05) is 44.2 Å². The molecule has 0 radical (unpaired) electrons. The van der Waals surface area contributed by atoms with Gasteiger partial charge in [-0.3, -0.25) is 9.59 Å². The molecule has 2 amide bonds. The molecule has 12 heteroatoms. The van der Waals surface area contributed by atoms with Gasteiger partial charge in [0.25, 0.3) is 0 Å². The first-order valence-electron chi connectivity index (χ1n) is 12.0. The summed E-state index contributed by atoms with van der Waals surface area (Å²) in [7, 11) is -4.02. The standard InChI is InChI=1S/C25H34N4O7S/c1-17(2)14-29(37(33,34)19-8-9-22-23(11-19)36-16-35-22)15-21(30)20(10-18-6-4-3-5-7-18)28-25(32)13-27-24(31)12-26/h3-9,11,17,20-21,30H,10,12-16,26H2,1-2H3,(H,27,31)(H,28,32)/t20-,21+/m0/s1. The van der Waals surface area contributed by atoms with Crippen LogP contribution in [0, 0.1) is 5.92 Å². The zero-order chi connectivity index (χ0) is 27.0. The summed E-state index contributed by atoms with van der Waals surface area (Å²) in [6.45, 7) is 3.06. The first-order valence-corrected chi connectivity index (χ1v) is 13.4. The average Bonchev–Trinajstić information content (AvgIpc) is 3.35. The fourth-order valence-electron chi connectivity index (χ4n) is 3.86. The number of carbonyl (C=O) groups is 2. The molecule has 0 aromatic heterocycles. The number of amides is 2. The molecule has 3 rings (SSSR count). The second-order valence-corrected chi connectivity index (χ2v) is 11.1. The number of aliphatic hydroxyl groups excluding tert-OH is 1. The monoisotopic (exact) mass is 534 g/mol. The first kappa shape index (κ1) is 28.4. The quantitative estimate of drug-likeness (QED) is 0.284. The molecule has 5 N–H and O–H groups in total. The Morgan fingerprint density at radius 2 is 1.76 bits per heavy atom. The maximum atomic E-state index is 13.6. The number of hydrogen-bond acceptors (Lipinski definition) is 8. The van der Waals surface area contributed by atoms with Gasteiger partial charge in [-0.25, -0.2) is 8.42 Å². The highest BCUT2D eigenvalue weighted by atomic mass is 32.2. The molecule has 0 saturated heterocycles. The lowest BCUT2D eigenvalue weighted by Gasteiger charge is -2.31. The van der Waals surface area contributed by atoms with Crippen molar-refractivity contribution in [3.8, 4) is 11.5 Å². The topological polar surface area (TPSA) is 160 Å². The van der Waals surface area contributed by atoms with Gasteiger partial charge in [-0.05, 0) is 30.0 Å². The fourth-order valence-corrected chi connectivity index (χ4v) is 5.50. The Bertz CT molecular complexity index is 1170. The van der Waals surface area contributed by atoms with Gasteiger partial charge in [0, 0.05) is 19.2 Å². The molecular weight excluding hydrogens is 500 g/mol. The lowest BCUT2D eigenvalue weighted by molar-refractivity contribution is -0.126. The summed E-state index contributed by atoms with van der Waals surface area (Å²) in [5, 5.41) is 16.3. The third-order valence-electron chi connectivity index (χ3n) is 5.68. The van der Waals surface area contributed by atoms with Crippen LogP contribution in [0.1, 0.15) is 19.4 Å². The van der Waals surface area contributed by atoms with Gasteiger partial charge in [0.1, 0.15) is 0 Å². The molecule has 37 heavy (non-hydrogen) atoms. The van der Waals surface area contributed by atoms with Gasteiger partial charge in [-0.15, -0.1) is 0 Å². The molecule has 0 unspecified atom stereocenters. The van der Waals surface area contributed by atoms with E-state index in [9.17, 15) is 23.1 Å². The van der Waals surface area contributed by atoms with E-state index in [2.05, 4.69) is 10.6 Å². The number of sulfonamides is 1. The summed E-state index contributed by atoms with van der Waals surface area (Å²) in [6.07, 6.45) is -1.00. The van der Waals surface area contributed by atoms with Gasteiger partial charge in [0.15, 0.2) is 11.5 Å². The molecule has 0 saturated carbocycles. The van der Waals surface area contributed by atoms with Crippen LogP contribution in [-0.2, 0) is 26.0 Å². The summed E-state index contributed by atoms with van der Waals surface area (Å²) < 4.78 is 39.0. The third-order valence-corrected chi connectivity index (χ3v) is 7.51. The minimum Gasteiger partial charge on any atom is -0.454 e. The van der Waals surface area contributed by atoms with Crippen LogP contribution in [0.4, 0.5) is 0 Å². The number of nitrogens with one attached hydrogen (secondary N) is 2. The molecule has 1 aliphatic rings. The number of carbonyl (C=O) groups excluding carboxylic acids is 2. The first-order chi connectivity index (χ1) is 17.6. The predicted molar refractivity (Wildman–Crippen MR) is 136 cm³/mol. The molecule has 0 aliphatic carbocycles. The second-order valence-electron chi connectivity index (χ2n) is 9.14. The maximum Gasteiger partial charge on any atom is 0.243 e. The van der Waals surface area contributed by atoms with Crippen molar-refractivity contribution in [1.82, 2.24) is 14.9 Å². The van der Waals surface area contributed by atoms with Crippen LogP contribution in [0.2, 0.25) is 0 Å². The Kier molecular flexibility index (Phi) is 9.86. The van der Waals surface area contributed by atoms with Crippen LogP contribution in [0.5, 0.6) is 11.5 Å². The van der Waals surface area contributed by atoms with Crippen LogP contribution in [0.15, 0.2) is 53.4 Å². The van der Waals surface area contributed by atoms with Gasteiger partial charge >= 0.3 is 0 Å². The van der Waals surface area contributed by atoms with E-state index in [-0.39, 0.29) is 50.2 Å². The Labute approximate surface area is 217 Å². The van der Waals surface area contributed by atoms with Crippen LogP contribution in [0.25, 0.3) is 0 Å². The van der Waals surface area contributed by atoms with Crippen molar-refractivity contribution in [2.24, 2.45) is 11.7 Å². The summed E-state index contributed by atoms with van der Waals surface area (Å²) in [6, 6.07) is 12.7. The minimum atomic E-state index is -4.02. The Balaban J connectivity index is 1.82. The van der Waals surface area contributed by atoms with Crippen LogP contribution in [0.3, 0.4) is 0 Å². The highest BCUT2D eigenvalue weighted by molar-refractivity contribution is 7.89. The Morgan fingerprint density at radius 1 is 1.05 bits per heavy atom. The number of nitrogens with zero attached hydrogens (tertiary/aromatic N) is 1. The summed E-state index contributed by atoms with van der Waals surface area (Å²) in [5.41, 5.74) is 6.10. The van der Waals surface area contributed by atoms with Crippen molar-refractivity contribution in [1.29, 1.82) is 0 Å². The van der Waals surface area contributed by atoms with Gasteiger partial charge in [0.2, 0.25) is 28.6 Å². The fraction of sp³-hybridized carbons (Fsp3) is 0.440. The maximum absolute atomic E-state index is 13.6. The molecule has 0 fully saturated rings. The molecule has 0 spiro atoms. The van der Waals surface area contributed by atoms with E-state index in [1.165, 1.54) is 22.5 Å². The minimum absolute atomic E-state index is 0.0118. The highest BCUT2D eigenvalue weighted by Crippen LogP contribution is 2.34. The Morgan fingerprint density at radius 3 is 2.43 bits per heavy atom. The van der Waals surface area contributed by atoms with E-state index >= 15 is 0 Å². The number of nitrogens with two attached hydrogens (primary N) is 1. The van der Waals surface area contributed by atoms with E-state index in [4.69, 9.17) is 15.2 Å². The van der Waals surface area contributed by atoms with Gasteiger partial charge in [-0.2, -0.15) is 4.31 Å². The van der Waals surface area contributed by atoms with Gasteiger partial charge in [0.05, 0.1) is 30.1 Å². The smallest absolute Gasteiger partial charge is 0.243 e. The molecule has 2 aromatic carbocycles. The van der Waals surface area contributed by atoms with E-state index in [0.29, 0.717) is 11.5 Å². The second kappa shape index (κ2) is 12.9. The molecule has 2 atom stereocenters. The van der Waals surface area contributed by atoms with Crippen LogP contribution < -0.4 is 25.8 Å². The van der Waals surface area contributed by atoms with Gasteiger partial charge < -0.3 is 30.9 Å². The van der Waals surface area contributed by atoms with E-state index in [0.717, 1.165) is 5.56 Å². The number of aliphatic hydroxyl groups is 1. The van der Waals surface area contributed by atoms with E-state index in [1.807, 2.05) is 44.2 Å². The third kappa shape index (κ3) is 7.89. The average molecular weight is 535 g/mol. The van der Waals surface area contributed by atoms with Crippen molar-refractivity contribution in [2.45, 2.75) is 37.3 Å². The van der Waals surface area contributed by atoms with Crippen molar-refractivity contribution in [3.63, 3.8) is 0 Å². The zero-order valence-electron chi connectivity index (χ0n) is 20.9. The zero-order valence-corrected chi connectivity index (χ0v) is 21.7. The summed E-state index contributed by atoms with van der Waals surface area (Å²) in [5.74, 6) is -0.268. The number of fused-ring (bicyclic) bond motifs is 1. The highest BCUT2D eigenvalue weighted by Gasteiger charge is 2.32. The molecule has 1 aliphatic heterocycles. The van der Waals surface area contributed by atoms with Crippen LogP contribution >= 0.6 is 0 Å². The van der Waals surface area contributed by atoms with Crippen molar-refractivity contribution >= 4 is 21.8 Å². The molecular formula is C25H34N4O7S. The van der Waals surface area contributed by atoms with E-state index in [1.54, 1.807) is 0 Å². The largest absolute Gasteiger partial charge is 0.454 e. The number of benzene rings is 2. The summed E-state index contributed by atoms with van der Waals surface area (Å²) >= 11 is 0. The van der Waals surface area contributed by atoms with Crippen molar-refractivity contribution in [2.75, 3.05) is 33.0 Å². The normalized spacial score (nSPS) is 14.4. The number of hydrogen-bond donors (Lipinski definition) is 4. The Hall–Kier alpha value is -3.19. The lowest BCUT2D eigenvalue weighted by atomic mass is 10.0. The van der Waals surface area contributed by atoms with Crippen molar-refractivity contribution < 1.29 is 32.6 Å². The summed E-state index contributed by atoms with van der Waals surface area (Å²) in [4.78, 5) is 24.0.